The van der Waals surface area contributed by atoms with Crippen molar-refractivity contribution in [1.82, 2.24) is 24.7 Å². The highest BCUT2D eigenvalue weighted by Crippen LogP contribution is 2.30. The predicted molar refractivity (Wildman–Crippen MR) is 87.4 cm³/mol. The van der Waals surface area contributed by atoms with E-state index in [1.54, 1.807) is 10.8 Å². The summed E-state index contributed by atoms with van der Waals surface area (Å²) < 4.78 is 1.71. The van der Waals surface area contributed by atoms with Crippen LogP contribution in [0.25, 0.3) is 5.65 Å². The van der Waals surface area contributed by atoms with Crippen molar-refractivity contribution in [2.24, 2.45) is 0 Å². The fourth-order valence-electron chi connectivity index (χ4n) is 3.77. The monoisotopic (exact) mass is 316 g/mol. The second-order valence-corrected chi connectivity index (χ2v) is 7.08. The Hall–Kier alpha value is -1.73. The molecule has 4 rings (SSSR count). The molecular weight excluding hydrogens is 292 g/mol. The topological polar surface area (TPSA) is 69.8 Å². The van der Waals surface area contributed by atoms with Gasteiger partial charge in [-0.05, 0) is 32.0 Å². The minimum absolute atomic E-state index is 0.479. The third-order valence-corrected chi connectivity index (χ3v) is 5.29. The third kappa shape index (κ3) is 2.90. The van der Waals surface area contributed by atoms with E-state index in [0.717, 1.165) is 56.8 Å². The van der Waals surface area contributed by atoms with Crippen LogP contribution in [0.5, 0.6) is 0 Å². The second-order valence-electron chi connectivity index (χ2n) is 7.08. The predicted octanol–water partition coefficient (Wildman–Crippen LogP) is 0.940. The Bertz CT molecular complexity index is 674. The number of likely N-dealkylation sites (N-methyl/N-ethyl adjacent to an activating group) is 1. The van der Waals surface area contributed by atoms with E-state index in [2.05, 4.69) is 32.1 Å². The summed E-state index contributed by atoms with van der Waals surface area (Å²) in [7, 11) is 2.13. The van der Waals surface area contributed by atoms with E-state index in [4.69, 9.17) is 0 Å². The lowest BCUT2D eigenvalue weighted by Gasteiger charge is -2.47. The van der Waals surface area contributed by atoms with Gasteiger partial charge in [-0.3, -0.25) is 4.90 Å². The molecule has 1 aliphatic heterocycles. The quantitative estimate of drug-likeness (QED) is 0.905. The molecule has 1 aliphatic carbocycles. The van der Waals surface area contributed by atoms with Gasteiger partial charge in [-0.15, -0.1) is 15.3 Å². The second kappa shape index (κ2) is 5.72. The lowest BCUT2D eigenvalue weighted by molar-refractivity contribution is -0.0316. The minimum atomic E-state index is -0.479. The van der Waals surface area contributed by atoms with Gasteiger partial charge in [0.15, 0.2) is 5.65 Å². The molecule has 2 aromatic rings. The molecule has 2 fully saturated rings. The van der Waals surface area contributed by atoms with Crippen LogP contribution in [0.3, 0.4) is 0 Å². The molecule has 23 heavy (non-hydrogen) atoms. The Balaban J connectivity index is 1.35. The van der Waals surface area contributed by atoms with Gasteiger partial charge in [0.25, 0.3) is 0 Å². The lowest BCUT2D eigenvalue weighted by Crippen LogP contribution is -2.61. The van der Waals surface area contributed by atoms with Gasteiger partial charge in [-0.1, -0.05) is 19.3 Å². The van der Waals surface area contributed by atoms with Gasteiger partial charge in [0.2, 0.25) is 0 Å². The van der Waals surface area contributed by atoms with Gasteiger partial charge in [0.05, 0.1) is 5.60 Å². The number of hydrogen-bond acceptors (Lipinski definition) is 6. The first kappa shape index (κ1) is 14.8. The van der Waals surface area contributed by atoms with Crippen molar-refractivity contribution in [2.75, 3.05) is 31.6 Å². The summed E-state index contributed by atoms with van der Waals surface area (Å²) in [6.45, 7) is 2.68. The zero-order chi connectivity index (χ0) is 15.9. The van der Waals surface area contributed by atoms with Crippen LogP contribution in [0.2, 0.25) is 0 Å². The number of rotatable bonds is 4. The molecule has 0 amide bonds. The average molecular weight is 316 g/mol. The number of hydrogen-bond donors (Lipinski definition) is 1. The standard InChI is InChI=1S/C16H24N6O/c1-20(11-16(23)7-3-2-4-8-16)13-9-21(10-13)15-6-5-14-18-17-12-22(14)19-15/h5-6,12-13,23H,2-4,7-11H2,1H3. The maximum atomic E-state index is 10.7. The lowest BCUT2D eigenvalue weighted by atomic mass is 9.84. The van der Waals surface area contributed by atoms with Crippen LogP contribution >= 0.6 is 0 Å². The van der Waals surface area contributed by atoms with E-state index >= 15 is 0 Å². The molecule has 124 valence electrons. The molecule has 2 aliphatic rings. The van der Waals surface area contributed by atoms with Crippen LogP contribution < -0.4 is 4.90 Å². The van der Waals surface area contributed by atoms with Crippen molar-refractivity contribution in [1.29, 1.82) is 0 Å². The van der Waals surface area contributed by atoms with Crippen molar-refractivity contribution in [3.8, 4) is 0 Å². The molecule has 0 radical (unpaired) electrons. The first-order valence-corrected chi connectivity index (χ1v) is 8.48. The van der Waals surface area contributed by atoms with Crippen LogP contribution in [-0.4, -0.2) is 68.1 Å². The zero-order valence-electron chi connectivity index (χ0n) is 13.6. The fraction of sp³-hybridized carbons (Fsp3) is 0.688. The van der Waals surface area contributed by atoms with Gasteiger partial charge in [-0.2, -0.15) is 4.52 Å². The Morgan fingerprint density at radius 1 is 1.26 bits per heavy atom. The summed E-state index contributed by atoms with van der Waals surface area (Å²) in [6.07, 6.45) is 7.09. The van der Waals surface area contributed by atoms with E-state index in [1.165, 1.54) is 6.42 Å². The molecule has 7 heteroatoms. The summed E-state index contributed by atoms with van der Waals surface area (Å²) in [6, 6.07) is 4.42. The Morgan fingerprint density at radius 2 is 2.04 bits per heavy atom. The first-order chi connectivity index (χ1) is 11.1. The van der Waals surface area contributed by atoms with Crippen LogP contribution in [0, 0.1) is 0 Å². The minimum Gasteiger partial charge on any atom is -0.389 e. The molecule has 2 aromatic heterocycles. The van der Waals surface area contributed by atoms with Crippen LogP contribution in [0.4, 0.5) is 5.82 Å². The van der Waals surface area contributed by atoms with Crippen molar-refractivity contribution < 1.29 is 5.11 Å². The SMILES string of the molecule is CN(CC1(O)CCCCC1)C1CN(c2ccc3nncn3n2)C1. The average Bonchev–Trinajstić information content (AvgIpc) is 2.93. The molecule has 3 heterocycles. The molecule has 1 N–H and O–H groups in total. The van der Waals surface area contributed by atoms with Crippen LogP contribution in [0.15, 0.2) is 18.5 Å². The summed E-state index contributed by atoms with van der Waals surface area (Å²) in [4.78, 5) is 4.57. The number of aliphatic hydroxyl groups is 1. The Kier molecular flexibility index (Phi) is 3.69. The van der Waals surface area contributed by atoms with Crippen LogP contribution in [-0.2, 0) is 0 Å². The third-order valence-electron chi connectivity index (χ3n) is 5.29. The molecule has 1 saturated carbocycles. The Morgan fingerprint density at radius 3 is 2.83 bits per heavy atom. The van der Waals surface area contributed by atoms with E-state index in [1.807, 2.05) is 12.1 Å². The smallest absolute Gasteiger partial charge is 0.177 e. The van der Waals surface area contributed by atoms with Crippen molar-refractivity contribution in [3.63, 3.8) is 0 Å². The first-order valence-electron chi connectivity index (χ1n) is 8.48. The van der Waals surface area contributed by atoms with Crippen molar-refractivity contribution in [2.45, 2.75) is 43.7 Å². The van der Waals surface area contributed by atoms with Gasteiger partial charge >= 0.3 is 0 Å². The molecule has 0 aromatic carbocycles. The van der Waals surface area contributed by atoms with Gasteiger partial charge in [-0.25, -0.2) is 0 Å². The Labute approximate surface area is 135 Å². The molecule has 0 spiro atoms. The summed E-state index contributed by atoms with van der Waals surface area (Å²) in [5, 5.41) is 23.1. The van der Waals surface area contributed by atoms with Crippen molar-refractivity contribution in [3.05, 3.63) is 18.5 Å². The van der Waals surface area contributed by atoms with E-state index < -0.39 is 5.60 Å². The number of aromatic nitrogens is 4. The molecule has 1 saturated heterocycles. The largest absolute Gasteiger partial charge is 0.389 e. The van der Waals surface area contributed by atoms with Gasteiger partial charge < -0.3 is 10.0 Å². The highest BCUT2D eigenvalue weighted by molar-refractivity contribution is 5.47. The van der Waals surface area contributed by atoms with Gasteiger partial charge in [0, 0.05) is 25.7 Å². The van der Waals surface area contributed by atoms with E-state index in [0.29, 0.717) is 6.04 Å². The number of fused-ring (bicyclic) bond motifs is 1. The normalized spacial score (nSPS) is 21.8. The summed E-state index contributed by atoms with van der Waals surface area (Å²) in [5.41, 5.74) is 0.287. The summed E-state index contributed by atoms with van der Waals surface area (Å²) >= 11 is 0. The van der Waals surface area contributed by atoms with Crippen LogP contribution in [0.1, 0.15) is 32.1 Å². The molecule has 7 nitrogen and oxygen atoms in total. The molecular formula is C16H24N6O. The molecule has 0 bridgehead atoms. The highest BCUT2D eigenvalue weighted by Gasteiger charge is 2.36. The van der Waals surface area contributed by atoms with E-state index in [9.17, 15) is 5.11 Å². The number of nitrogens with zero attached hydrogens (tertiary/aromatic N) is 6. The molecule has 0 atom stereocenters. The fourth-order valence-corrected chi connectivity index (χ4v) is 3.77. The maximum absolute atomic E-state index is 10.7. The van der Waals surface area contributed by atoms with Crippen molar-refractivity contribution >= 4 is 11.5 Å². The zero-order valence-corrected chi connectivity index (χ0v) is 13.6. The number of anilines is 1. The summed E-state index contributed by atoms with van der Waals surface area (Å²) in [5.74, 6) is 0.957. The van der Waals surface area contributed by atoms with Gasteiger partial charge in [0.1, 0.15) is 12.1 Å². The maximum Gasteiger partial charge on any atom is 0.177 e. The van der Waals surface area contributed by atoms with E-state index in [-0.39, 0.29) is 0 Å². The highest BCUT2D eigenvalue weighted by atomic mass is 16.3. The molecule has 0 unspecified atom stereocenters.